The summed E-state index contributed by atoms with van der Waals surface area (Å²) in [5.74, 6) is -0.550. The Balaban J connectivity index is 2.59. The lowest BCUT2D eigenvalue weighted by Gasteiger charge is -2.02. The van der Waals surface area contributed by atoms with Crippen molar-refractivity contribution in [1.82, 2.24) is 5.32 Å². The minimum atomic E-state index is -0.550. The summed E-state index contributed by atoms with van der Waals surface area (Å²) in [6.07, 6.45) is 1.32. The molecular weight excluding hydrogens is 179 g/mol. The maximum atomic E-state index is 10.4. The van der Waals surface area contributed by atoms with Gasteiger partial charge in [0.15, 0.2) is 5.81 Å². The van der Waals surface area contributed by atoms with Crippen molar-refractivity contribution >= 4 is 19.9 Å². The van der Waals surface area contributed by atoms with Crippen molar-refractivity contribution in [3.8, 4) is 0 Å². The van der Waals surface area contributed by atoms with E-state index in [0.29, 0.717) is 6.54 Å². The third-order valence-electron chi connectivity index (χ3n) is 1.65. The highest BCUT2D eigenvalue weighted by molar-refractivity contribution is 6.57. The number of nitrogens with one attached hydrogen (secondary N) is 1. The van der Waals surface area contributed by atoms with E-state index < -0.39 is 5.81 Å². The molecule has 0 heterocycles. The Labute approximate surface area is 83.0 Å². The van der Waals surface area contributed by atoms with Crippen LogP contribution in [0.1, 0.15) is 11.1 Å². The van der Waals surface area contributed by atoms with E-state index in [1.165, 1.54) is 6.21 Å². The number of benzene rings is 1. The average molecular weight is 188 g/mol. The topological polar surface area (TPSA) is 61.7 Å². The van der Waals surface area contributed by atoms with Crippen LogP contribution in [0, 0.1) is 0 Å². The Kier molecular flexibility index (Phi) is 3.73. The van der Waals surface area contributed by atoms with Crippen LogP contribution in [-0.2, 0) is 6.54 Å². The molecule has 1 rings (SSSR count). The number of rotatable bonds is 3. The molecule has 0 aliphatic carbocycles. The molecule has 70 valence electrons. The average Bonchev–Trinajstić information content (AvgIpc) is 2.17. The van der Waals surface area contributed by atoms with Crippen LogP contribution in [0.25, 0.3) is 0 Å². The highest BCUT2D eigenvalue weighted by atomic mass is 16.4. The van der Waals surface area contributed by atoms with Crippen LogP contribution >= 0.6 is 0 Å². The molecule has 0 fully saturated rings. The SMILES string of the molecule is [B]C(=O)NCc1ccc(/C=N/O)cc1. The monoisotopic (exact) mass is 188 g/mol. The summed E-state index contributed by atoms with van der Waals surface area (Å²) in [7, 11) is 4.91. The predicted molar refractivity (Wildman–Crippen MR) is 53.8 cm³/mol. The van der Waals surface area contributed by atoms with Crippen molar-refractivity contribution in [3.05, 3.63) is 35.4 Å². The summed E-state index contributed by atoms with van der Waals surface area (Å²) >= 11 is 0. The van der Waals surface area contributed by atoms with E-state index in [1.807, 2.05) is 12.1 Å². The van der Waals surface area contributed by atoms with Crippen LogP contribution < -0.4 is 5.32 Å². The maximum absolute atomic E-state index is 10.4. The molecule has 0 saturated heterocycles. The third-order valence-corrected chi connectivity index (χ3v) is 1.65. The standard InChI is InChI=1S/C9H9BN2O2/c10-9(13)11-5-7-1-3-8(4-2-7)6-12-14/h1-4,6,14H,5H2,(H,11,13)/b12-6+. The van der Waals surface area contributed by atoms with Crippen LogP contribution in [0.2, 0.25) is 0 Å². The van der Waals surface area contributed by atoms with Gasteiger partial charge in [0.05, 0.1) is 6.21 Å². The first-order valence-electron chi connectivity index (χ1n) is 4.02. The first-order valence-corrected chi connectivity index (χ1v) is 4.02. The molecule has 0 aliphatic rings. The number of oxime groups is 1. The summed E-state index contributed by atoms with van der Waals surface area (Å²) < 4.78 is 0. The highest BCUT2D eigenvalue weighted by Crippen LogP contribution is 2.01. The van der Waals surface area contributed by atoms with E-state index in [4.69, 9.17) is 13.1 Å². The van der Waals surface area contributed by atoms with E-state index in [2.05, 4.69) is 10.5 Å². The first kappa shape index (κ1) is 10.3. The van der Waals surface area contributed by atoms with Crippen molar-refractivity contribution in [1.29, 1.82) is 0 Å². The number of hydrogen-bond acceptors (Lipinski definition) is 3. The zero-order valence-corrected chi connectivity index (χ0v) is 7.47. The Morgan fingerprint density at radius 3 is 2.64 bits per heavy atom. The second-order valence-corrected chi connectivity index (χ2v) is 2.70. The molecule has 5 heteroatoms. The minimum Gasteiger partial charge on any atom is -0.411 e. The van der Waals surface area contributed by atoms with Crippen molar-refractivity contribution in [2.24, 2.45) is 5.16 Å². The van der Waals surface area contributed by atoms with Gasteiger partial charge in [-0.05, 0) is 11.1 Å². The van der Waals surface area contributed by atoms with Crippen LogP contribution in [0.5, 0.6) is 0 Å². The van der Waals surface area contributed by atoms with Gasteiger partial charge < -0.3 is 10.5 Å². The fourth-order valence-corrected chi connectivity index (χ4v) is 0.977. The number of hydrogen-bond donors (Lipinski definition) is 2. The molecular formula is C9H9BN2O2. The summed E-state index contributed by atoms with van der Waals surface area (Å²) in [6, 6.07) is 7.18. The highest BCUT2D eigenvalue weighted by Gasteiger charge is 1.94. The third kappa shape index (κ3) is 3.31. The molecule has 0 saturated carbocycles. The Morgan fingerprint density at radius 2 is 2.14 bits per heavy atom. The molecule has 0 spiro atoms. The zero-order valence-electron chi connectivity index (χ0n) is 7.47. The molecule has 0 bridgehead atoms. The van der Waals surface area contributed by atoms with E-state index in [1.54, 1.807) is 12.1 Å². The van der Waals surface area contributed by atoms with Gasteiger partial charge in [-0.3, -0.25) is 4.79 Å². The molecule has 1 aromatic carbocycles. The summed E-state index contributed by atoms with van der Waals surface area (Å²) in [6.45, 7) is 0.395. The van der Waals surface area contributed by atoms with Gasteiger partial charge in [0.25, 0.3) is 0 Å². The largest absolute Gasteiger partial charge is 0.411 e. The summed E-state index contributed by atoms with van der Waals surface area (Å²) in [5.41, 5.74) is 1.72. The summed E-state index contributed by atoms with van der Waals surface area (Å²) in [4.78, 5) is 10.4. The van der Waals surface area contributed by atoms with E-state index in [0.717, 1.165) is 11.1 Å². The van der Waals surface area contributed by atoms with E-state index >= 15 is 0 Å². The van der Waals surface area contributed by atoms with Crippen LogP contribution in [0.3, 0.4) is 0 Å². The zero-order chi connectivity index (χ0) is 10.4. The van der Waals surface area contributed by atoms with E-state index in [9.17, 15) is 4.79 Å². The quantitative estimate of drug-likeness (QED) is 0.320. The van der Waals surface area contributed by atoms with Gasteiger partial charge in [0, 0.05) is 6.54 Å². The molecule has 4 nitrogen and oxygen atoms in total. The fraction of sp³-hybridized carbons (Fsp3) is 0.111. The number of amides is 1. The summed E-state index contributed by atoms with van der Waals surface area (Å²) in [5, 5.41) is 13.6. The van der Waals surface area contributed by atoms with E-state index in [-0.39, 0.29) is 0 Å². The van der Waals surface area contributed by atoms with Gasteiger partial charge >= 0.3 is 0 Å². The second-order valence-electron chi connectivity index (χ2n) is 2.70. The predicted octanol–water partition coefficient (Wildman–Crippen LogP) is 0.873. The van der Waals surface area contributed by atoms with Gasteiger partial charge in [-0.15, -0.1) is 0 Å². The van der Waals surface area contributed by atoms with Crippen molar-refractivity contribution in [2.75, 3.05) is 0 Å². The lowest BCUT2D eigenvalue weighted by atomic mass is 10.1. The second kappa shape index (κ2) is 5.06. The first-order chi connectivity index (χ1) is 6.72. The van der Waals surface area contributed by atoms with Gasteiger partial charge in [0.2, 0.25) is 7.85 Å². The van der Waals surface area contributed by atoms with Crippen LogP contribution in [0.4, 0.5) is 4.79 Å². The minimum absolute atomic E-state index is 0.395. The molecule has 2 N–H and O–H groups in total. The number of carbonyl (C=O) groups excluding carboxylic acids is 1. The Hall–Kier alpha value is -1.78. The van der Waals surface area contributed by atoms with Crippen molar-refractivity contribution < 1.29 is 10.0 Å². The van der Waals surface area contributed by atoms with Gasteiger partial charge in [-0.1, -0.05) is 29.4 Å². The molecule has 0 unspecified atom stereocenters. The smallest absolute Gasteiger partial charge is 0.200 e. The number of carbonyl (C=O) groups is 1. The molecule has 14 heavy (non-hydrogen) atoms. The number of nitrogens with zero attached hydrogens (tertiary/aromatic N) is 1. The van der Waals surface area contributed by atoms with Gasteiger partial charge in [-0.25, -0.2) is 0 Å². The molecule has 0 atom stereocenters. The lowest BCUT2D eigenvalue weighted by Crippen LogP contribution is -2.20. The van der Waals surface area contributed by atoms with Gasteiger partial charge in [-0.2, -0.15) is 0 Å². The molecule has 2 radical (unpaired) electrons. The van der Waals surface area contributed by atoms with Crippen LogP contribution in [-0.4, -0.2) is 25.1 Å². The van der Waals surface area contributed by atoms with Crippen molar-refractivity contribution in [2.45, 2.75) is 6.54 Å². The normalized spacial score (nSPS) is 10.3. The van der Waals surface area contributed by atoms with Crippen LogP contribution in [0.15, 0.2) is 29.4 Å². The molecule has 0 aromatic heterocycles. The van der Waals surface area contributed by atoms with Gasteiger partial charge in [0.1, 0.15) is 0 Å². The van der Waals surface area contributed by atoms with Crippen molar-refractivity contribution in [3.63, 3.8) is 0 Å². The molecule has 1 aromatic rings. The fourth-order valence-electron chi connectivity index (χ4n) is 0.977. The molecule has 0 aliphatic heterocycles. The maximum Gasteiger partial charge on any atom is 0.200 e. The molecule has 1 amide bonds. The Bertz CT molecular complexity index is 335. The lowest BCUT2D eigenvalue weighted by molar-refractivity contribution is 0.259. The Morgan fingerprint density at radius 1 is 1.50 bits per heavy atom.